The van der Waals surface area contributed by atoms with Crippen LogP contribution in [0.5, 0.6) is 0 Å². The van der Waals surface area contributed by atoms with E-state index < -0.39 is 0 Å². The number of aromatic nitrogens is 3. The fourth-order valence-corrected chi connectivity index (χ4v) is 3.82. The predicted molar refractivity (Wildman–Crippen MR) is 123 cm³/mol. The van der Waals surface area contributed by atoms with Crippen LogP contribution in [-0.2, 0) is 13.0 Å². The van der Waals surface area contributed by atoms with E-state index in [1.54, 1.807) is 19.2 Å². The summed E-state index contributed by atoms with van der Waals surface area (Å²) in [6, 6.07) is 14.9. The zero-order chi connectivity index (χ0) is 21.8. The molecule has 4 rings (SSSR count). The maximum absolute atomic E-state index is 13.6. The van der Waals surface area contributed by atoms with Gasteiger partial charge in [-0.2, -0.15) is 5.10 Å². The van der Waals surface area contributed by atoms with Gasteiger partial charge in [0.2, 0.25) is 0 Å². The van der Waals surface area contributed by atoms with Gasteiger partial charge in [-0.05, 0) is 56.2 Å². The van der Waals surface area contributed by atoms with Gasteiger partial charge in [-0.1, -0.05) is 18.2 Å². The molecule has 0 fully saturated rings. The Morgan fingerprint density at radius 2 is 1.94 bits per heavy atom. The second-order valence-corrected chi connectivity index (χ2v) is 7.50. The zero-order valence-corrected chi connectivity index (χ0v) is 18.0. The van der Waals surface area contributed by atoms with Crippen LogP contribution in [0.15, 0.2) is 59.7 Å². The number of rotatable bonds is 6. The first-order valence-electron chi connectivity index (χ1n) is 10.4. The summed E-state index contributed by atoms with van der Waals surface area (Å²) in [6.07, 6.45) is 2.70. The highest BCUT2D eigenvalue weighted by molar-refractivity contribution is 5.83. The molecule has 2 aromatic carbocycles. The van der Waals surface area contributed by atoms with Crippen molar-refractivity contribution in [1.82, 2.24) is 25.4 Å². The van der Waals surface area contributed by atoms with Crippen LogP contribution in [0.25, 0.3) is 16.6 Å². The molecule has 6 nitrogen and oxygen atoms in total. The van der Waals surface area contributed by atoms with Gasteiger partial charge in [-0.15, -0.1) is 0 Å². The van der Waals surface area contributed by atoms with Crippen molar-refractivity contribution in [3.8, 4) is 5.69 Å². The number of guanidine groups is 1. The van der Waals surface area contributed by atoms with Crippen LogP contribution in [-0.4, -0.2) is 34.3 Å². The van der Waals surface area contributed by atoms with E-state index >= 15 is 0 Å². The van der Waals surface area contributed by atoms with Gasteiger partial charge in [-0.25, -0.2) is 9.07 Å². The van der Waals surface area contributed by atoms with Crippen molar-refractivity contribution in [2.45, 2.75) is 26.8 Å². The van der Waals surface area contributed by atoms with E-state index in [0.717, 1.165) is 51.5 Å². The molecule has 31 heavy (non-hydrogen) atoms. The molecule has 0 saturated heterocycles. The molecular formula is C24H27FN6. The normalized spacial score (nSPS) is 11.8. The first-order valence-corrected chi connectivity index (χ1v) is 10.4. The molecule has 0 bridgehead atoms. The van der Waals surface area contributed by atoms with Gasteiger partial charge in [0.1, 0.15) is 5.82 Å². The van der Waals surface area contributed by atoms with Gasteiger partial charge in [-0.3, -0.25) is 4.99 Å². The summed E-state index contributed by atoms with van der Waals surface area (Å²) in [4.78, 5) is 7.51. The van der Waals surface area contributed by atoms with Crippen molar-refractivity contribution >= 4 is 16.9 Å². The summed E-state index contributed by atoms with van der Waals surface area (Å²) in [6.45, 7) is 5.42. The Labute approximate surface area is 181 Å². The summed E-state index contributed by atoms with van der Waals surface area (Å²) in [7, 11) is 1.75. The number of hydrogen-bond acceptors (Lipinski definition) is 2. The Balaban J connectivity index is 1.37. The van der Waals surface area contributed by atoms with Gasteiger partial charge in [0.05, 0.1) is 11.4 Å². The van der Waals surface area contributed by atoms with Crippen molar-refractivity contribution in [2.75, 3.05) is 13.6 Å². The lowest BCUT2D eigenvalue weighted by molar-refractivity contribution is 0.629. The lowest BCUT2D eigenvalue weighted by atomic mass is 10.1. The number of hydrogen-bond donors (Lipinski definition) is 3. The fourth-order valence-electron chi connectivity index (χ4n) is 3.82. The van der Waals surface area contributed by atoms with Crippen molar-refractivity contribution in [2.24, 2.45) is 4.99 Å². The maximum Gasteiger partial charge on any atom is 0.191 e. The van der Waals surface area contributed by atoms with E-state index in [1.165, 1.54) is 6.07 Å². The Kier molecular flexibility index (Phi) is 6.02. The lowest BCUT2D eigenvalue weighted by Crippen LogP contribution is -2.38. The summed E-state index contributed by atoms with van der Waals surface area (Å²) < 4.78 is 15.5. The number of benzene rings is 2. The number of fused-ring (bicyclic) bond motifs is 1. The van der Waals surface area contributed by atoms with Crippen LogP contribution >= 0.6 is 0 Å². The Bertz CT molecular complexity index is 1210. The highest BCUT2D eigenvalue weighted by Crippen LogP contribution is 2.20. The van der Waals surface area contributed by atoms with Gasteiger partial charge < -0.3 is 15.6 Å². The summed E-state index contributed by atoms with van der Waals surface area (Å²) in [5, 5.41) is 12.3. The number of aromatic amines is 1. The second kappa shape index (κ2) is 9.04. The SMILES string of the molecule is CN=C(NCCc1c[nH]c2ccc(F)cc12)NCc1c(C)nn(-c2ccccc2)c1C. The smallest absolute Gasteiger partial charge is 0.191 e. The van der Waals surface area contributed by atoms with E-state index in [-0.39, 0.29) is 5.82 Å². The number of aliphatic imine (C=N–C) groups is 1. The molecule has 3 N–H and O–H groups in total. The largest absolute Gasteiger partial charge is 0.361 e. The third-order valence-electron chi connectivity index (χ3n) is 5.51. The summed E-state index contributed by atoms with van der Waals surface area (Å²) >= 11 is 0. The molecule has 0 saturated carbocycles. The van der Waals surface area contributed by atoms with E-state index in [1.807, 2.05) is 48.1 Å². The van der Waals surface area contributed by atoms with Crippen molar-refractivity contribution in [3.63, 3.8) is 0 Å². The van der Waals surface area contributed by atoms with E-state index in [0.29, 0.717) is 13.1 Å². The quantitative estimate of drug-likeness (QED) is 0.327. The van der Waals surface area contributed by atoms with Gasteiger partial charge in [0.15, 0.2) is 5.96 Å². The van der Waals surface area contributed by atoms with Crippen LogP contribution in [0.1, 0.15) is 22.5 Å². The summed E-state index contributed by atoms with van der Waals surface area (Å²) in [5.74, 6) is 0.498. The van der Waals surface area contributed by atoms with Crippen LogP contribution < -0.4 is 10.6 Å². The maximum atomic E-state index is 13.6. The molecule has 0 atom stereocenters. The van der Waals surface area contributed by atoms with E-state index in [2.05, 4.69) is 27.5 Å². The minimum absolute atomic E-state index is 0.222. The first-order chi connectivity index (χ1) is 15.1. The molecule has 0 aliphatic rings. The minimum atomic E-state index is -0.222. The first kappa shape index (κ1) is 20.7. The highest BCUT2D eigenvalue weighted by atomic mass is 19.1. The monoisotopic (exact) mass is 418 g/mol. The standard InChI is InChI=1S/C24H27FN6/c1-16-22(17(2)31(30-16)20-7-5-4-6-8-20)15-29-24(26-3)27-12-11-18-14-28-23-10-9-19(25)13-21(18)23/h4-10,13-14,28H,11-12,15H2,1-3H3,(H2,26,27,29). The second-order valence-electron chi connectivity index (χ2n) is 7.50. The van der Waals surface area contributed by atoms with Crippen LogP contribution in [0.4, 0.5) is 4.39 Å². The van der Waals surface area contributed by atoms with Crippen molar-refractivity contribution in [1.29, 1.82) is 0 Å². The van der Waals surface area contributed by atoms with Gasteiger partial charge in [0.25, 0.3) is 0 Å². The van der Waals surface area contributed by atoms with Crippen LogP contribution in [0.2, 0.25) is 0 Å². The van der Waals surface area contributed by atoms with Gasteiger partial charge >= 0.3 is 0 Å². The topological polar surface area (TPSA) is 70.0 Å². The van der Waals surface area contributed by atoms with Crippen molar-refractivity contribution < 1.29 is 4.39 Å². The van der Waals surface area contributed by atoms with Gasteiger partial charge in [0, 0.05) is 48.5 Å². The molecule has 2 heterocycles. The number of H-pyrrole nitrogens is 1. The average molecular weight is 419 g/mol. The van der Waals surface area contributed by atoms with Crippen LogP contribution in [0, 0.1) is 19.7 Å². The molecule has 0 amide bonds. The molecule has 7 heteroatoms. The van der Waals surface area contributed by atoms with E-state index in [9.17, 15) is 4.39 Å². The average Bonchev–Trinajstić information content (AvgIpc) is 3.31. The van der Waals surface area contributed by atoms with Crippen LogP contribution in [0.3, 0.4) is 0 Å². The third-order valence-corrected chi connectivity index (χ3v) is 5.51. The highest BCUT2D eigenvalue weighted by Gasteiger charge is 2.13. The molecule has 0 aliphatic carbocycles. The summed E-state index contributed by atoms with van der Waals surface area (Å²) in [5.41, 5.74) is 6.32. The molecule has 0 aliphatic heterocycles. The lowest BCUT2D eigenvalue weighted by Gasteiger charge is -2.12. The number of aryl methyl sites for hydroxylation is 1. The minimum Gasteiger partial charge on any atom is -0.361 e. The molecule has 160 valence electrons. The van der Waals surface area contributed by atoms with E-state index in [4.69, 9.17) is 5.10 Å². The molecule has 0 spiro atoms. The predicted octanol–water partition coefficient (Wildman–Crippen LogP) is 4.02. The Hall–Kier alpha value is -3.61. The Morgan fingerprint density at radius 1 is 1.13 bits per heavy atom. The van der Waals surface area contributed by atoms with Crippen molar-refractivity contribution in [3.05, 3.63) is 83.1 Å². The molecule has 0 radical (unpaired) electrons. The molecule has 4 aromatic rings. The zero-order valence-electron chi connectivity index (χ0n) is 18.0. The molecule has 2 aromatic heterocycles. The number of para-hydroxylation sites is 1. The Morgan fingerprint density at radius 3 is 2.71 bits per heavy atom. The number of halogens is 1. The molecule has 0 unspecified atom stereocenters. The third kappa shape index (κ3) is 4.45. The molecular weight excluding hydrogens is 391 g/mol. The number of nitrogens with one attached hydrogen (secondary N) is 3. The number of nitrogens with zero attached hydrogens (tertiary/aromatic N) is 3. The fraction of sp³-hybridized carbons (Fsp3) is 0.250.